The molecule has 0 heterocycles. The van der Waals surface area contributed by atoms with Crippen molar-refractivity contribution in [1.29, 1.82) is 0 Å². The number of hydrogen-bond donors (Lipinski definition) is 1. The normalized spacial score (nSPS) is 13.4. The van der Waals surface area contributed by atoms with E-state index in [2.05, 4.69) is 19.2 Å². The number of hydrogen-bond acceptors (Lipinski definition) is 2. The van der Waals surface area contributed by atoms with E-state index in [1.807, 2.05) is 11.8 Å². The Hall–Kier alpha value is 0.240. The van der Waals surface area contributed by atoms with Crippen LogP contribution in [0.15, 0.2) is 0 Å². The molecular weight excluding hydrogens is 161 g/mol. The fourth-order valence-corrected chi connectivity index (χ4v) is 1.48. The first-order chi connectivity index (χ1) is 5.31. The Morgan fingerprint density at radius 1 is 1.55 bits per heavy atom. The smallest absolute Gasteiger partial charge is 0.0906 e. The van der Waals surface area contributed by atoms with Gasteiger partial charge in [-0.3, -0.25) is 4.39 Å². The molecule has 11 heavy (non-hydrogen) atoms. The van der Waals surface area contributed by atoms with Gasteiger partial charge in [0.05, 0.1) is 6.67 Å². The van der Waals surface area contributed by atoms with Crippen LogP contribution in [0.4, 0.5) is 4.39 Å². The zero-order chi connectivity index (χ0) is 8.53. The lowest BCUT2D eigenvalue weighted by Crippen LogP contribution is -2.29. The summed E-state index contributed by atoms with van der Waals surface area (Å²) in [6.45, 7) is 4.89. The van der Waals surface area contributed by atoms with E-state index in [-0.39, 0.29) is 6.67 Å². The highest BCUT2D eigenvalue weighted by Gasteiger charge is 1.98. The van der Waals surface area contributed by atoms with Gasteiger partial charge < -0.3 is 5.32 Å². The molecule has 0 aliphatic heterocycles. The van der Waals surface area contributed by atoms with Gasteiger partial charge in [0.1, 0.15) is 0 Å². The van der Waals surface area contributed by atoms with Crippen molar-refractivity contribution in [2.75, 3.05) is 24.7 Å². The van der Waals surface area contributed by atoms with E-state index in [9.17, 15) is 4.39 Å². The van der Waals surface area contributed by atoms with Gasteiger partial charge in [0.2, 0.25) is 0 Å². The molecule has 0 bridgehead atoms. The molecule has 0 aromatic heterocycles. The summed E-state index contributed by atoms with van der Waals surface area (Å²) in [5.74, 6) is 2.29. The van der Waals surface area contributed by atoms with Crippen molar-refractivity contribution < 1.29 is 4.39 Å². The van der Waals surface area contributed by atoms with Crippen molar-refractivity contribution in [2.45, 2.75) is 26.3 Å². The first-order valence-electron chi connectivity index (χ1n) is 4.18. The summed E-state index contributed by atoms with van der Waals surface area (Å²) in [5, 5.41) is 3.26. The number of rotatable bonds is 7. The largest absolute Gasteiger partial charge is 0.313 e. The lowest BCUT2D eigenvalue weighted by Gasteiger charge is -2.11. The van der Waals surface area contributed by atoms with Crippen LogP contribution in [0.3, 0.4) is 0 Å². The topological polar surface area (TPSA) is 12.0 Å². The molecule has 0 aromatic carbocycles. The Kier molecular flexibility index (Phi) is 8.52. The van der Waals surface area contributed by atoms with Gasteiger partial charge in [0.25, 0.3) is 0 Å². The van der Waals surface area contributed by atoms with E-state index in [0.717, 1.165) is 18.1 Å². The van der Waals surface area contributed by atoms with E-state index >= 15 is 0 Å². The second-order valence-electron chi connectivity index (χ2n) is 2.56. The zero-order valence-corrected chi connectivity index (χ0v) is 8.22. The van der Waals surface area contributed by atoms with E-state index in [1.54, 1.807) is 0 Å². The second kappa shape index (κ2) is 8.34. The van der Waals surface area contributed by atoms with Crippen molar-refractivity contribution in [3.05, 3.63) is 0 Å². The molecule has 0 rings (SSSR count). The Balaban J connectivity index is 3.02. The number of thioether (sulfide) groups is 1. The summed E-state index contributed by atoms with van der Waals surface area (Å²) in [7, 11) is 0. The summed E-state index contributed by atoms with van der Waals surface area (Å²) in [6.07, 6.45) is 0.640. The molecule has 3 heteroatoms. The van der Waals surface area contributed by atoms with E-state index < -0.39 is 0 Å². The van der Waals surface area contributed by atoms with Gasteiger partial charge in [-0.15, -0.1) is 0 Å². The highest BCUT2D eigenvalue weighted by molar-refractivity contribution is 7.99. The zero-order valence-electron chi connectivity index (χ0n) is 7.40. The summed E-state index contributed by atoms with van der Waals surface area (Å²) in [4.78, 5) is 0. The van der Waals surface area contributed by atoms with Crippen LogP contribution in [0.2, 0.25) is 0 Å². The quantitative estimate of drug-likeness (QED) is 0.600. The first kappa shape index (κ1) is 11.2. The molecule has 0 spiro atoms. The van der Waals surface area contributed by atoms with Crippen LogP contribution in [0, 0.1) is 0 Å². The van der Waals surface area contributed by atoms with Crippen molar-refractivity contribution in [3.8, 4) is 0 Å². The van der Waals surface area contributed by atoms with Gasteiger partial charge in [-0.25, -0.2) is 0 Å². The third-order valence-electron chi connectivity index (χ3n) is 1.38. The summed E-state index contributed by atoms with van der Waals surface area (Å²) >= 11 is 1.92. The van der Waals surface area contributed by atoms with Crippen LogP contribution in [-0.2, 0) is 0 Å². The van der Waals surface area contributed by atoms with Gasteiger partial charge in [-0.05, 0) is 25.6 Å². The minimum Gasteiger partial charge on any atom is -0.313 e. The molecule has 0 aliphatic rings. The molecule has 0 saturated heterocycles. The average Bonchev–Trinajstić information content (AvgIpc) is 2.01. The Bertz CT molecular complexity index is 80.5. The maximum atomic E-state index is 11.7. The summed E-state index contributed by atoms with van der Waals surface area (Å²) in [5.41, 5.74) is 0. The maximum Gasteiger partial charge on any atom is 0.0906 e. The van der Waals surface area contributed by atoms with Crippen LogP contribution in [-0.4, -0.2) is 30.8 Å². The molecule has 0 aromatic rings. The predicted molar refractivity (Wildman–Crippen MR) is 51.1 cm³/mol. The maximum absolute atomic E-state index is 11.7. The molecule has 0 radical (unpaired) electrons. The van der Waals surface area contributed by atoms with Gasteiger partial charge in [-0.1, -0.05) is 6.92 Å². The van der Waals surface area contributed by atoms with Crippen molar-refractivity contribution >= 4 is 11.8 Å². The average molecular weight is 179 g/mol. The van der Waals surface area contributed by atoms with Gasteiger partial charge in [-0.2, -0.15) is 11.8 Å². The molecule has 1 atom stereocenters. The van der Waals surface area contributed by atoms with Crippen molar-refractivity contribution in [1.82, 2.24) is 5.32 Å². The summed E-state index contributed by atoms with van der Waals surface area (Å²) < 4.78 is 11.7. The van der Waals surface area contributed by atoms with Gasteiger partial charge >= 0.3 is 0 Å². The van der Waals surface area contributed by atoms with Crippen LogP contribution in [0.25, 0.3) is 0 Å². The number of alkyl halides is 1. The Morgan fingerprint density at radius 2 is 2.27 bits per heavy atom. The first-order valence-corrected chi connectivity index (χ1v) is 5.33. The molecule has 68 valence electrons. The standard InChI is InChI=1S/C8H18FNS/c1-3-11-7-8(2)10-6-4-5-9/h8,10H,3-7H2,1-2H3. The van der Waals surface area contributed by atoms with Crippen molar-refractivity contribution in [2.24, 2.45) is 0 Å². The van der Waals surface area contributed by atoms with E-state index in [1.165, 1.54) is 0 Å². The molecule has 0 fully saturated rings. The van der Waals surface area contributed by atoms with Crippen LogP contribution < -0.4 is 5.32 Å². The van der Waals surface area contributed by atoms with Gasteiger partial charge in [0, 0.05) is 11.8 Å². The minimum absolute atomic E-state index is 0.208. The highest BCUT2D eigenvalue weighted by Crippen LogP contribution is 2.00. The van der Waals surface area contributed by atoms with E-state index in [4.69, 9.17) is 0 Å². The predicted octanol–water partition coefficient (Wildman–Crippen LogP) is 2.08. The van der Waals surface area contributed by atoms with E-state index in [0.29, 0.717) is 12.5 Å². The monoisotopic (exact) mass is 179 g/mol. The second-order valence-corrected chi connectivity index (χ2v) is 3.88. The van der Waals surface area contributed by atoms with Crippen LogP contribution in [0.5, 0.6) is 0 Å². The molecule has 0 saturated carbocycles. The Morgan fingerprint density at radius 3 is 2.82 bits per heavy atom. The minimum atomic E-state index is -0.208. The fraction of sp³-hybridized carbons (Fsp3) is 1.00. The highest BCUT2D eigenvalue weighted by atomic mass is 32.2. The molecular formula is C8H18FNS. The Labute approximate surface area is 73.1 Å². The van der Waals surface area contributed by atoms with Gasteiger partial charge in [0.15, 0.2) is 0 Å². The molecule has 1 nitrogen and oxygen atoms in total. The lowest BCUT2D eigenvalue weighted by molar-refractivity contribution is 0.450. The summed E-state index contributed by atoms with van der Waals surface area (Å²) in [6, 6.07) is 0.520. The van der Waals surface area contributed by atoms with Crippen LogP contribution >= 0.6 is 11.8 Å². The molecule has 1 unspecified atom stereocenters. The number of nitrogens with one attached hydrogen (secondary N) is 1. The third kappa shape index (κ3) is 8.14. The molecule has 0 amide bonds. The third-order valence-corrected chi connectivity index (χ3v) is 2.52. The lowest BCUT2D eigenvalue weighted by atomic mass is 10.3. The van der Waals surface area contributed by atoms with Crippen molar-refractivity contribution in [3.63, 3.8) is 0 Å². The fourth-order valence-electron chi connectivity index (χ4n) is 0.769. The molecule has 1 N–H and O–H groups in total. The SMILES string of the molecule is CCSCC(C)NCCCF. The number of halogens is 1. The van der Waals surface area contributed by atoms with Crippen LogP contribution in [0.1, 0.15) is 20.3 Å². The molecule has 0 aliphatic carbocycles.